The van der Waals surface area contributed by atoms with E-state index in [9.17, 15) is 14.9 Å². The number of carbonyl (C=O) groups is 1. The van der Waals surface area contributed by atoms with Gasteiger partial charge in [0.25, 0.3) is 0 Å². The minimum absolute atomic E-state index is 0.0678. The van der Waals surface area contributed by atoms with Gasteiger partial charge >= 0.3 is 0 Å². The molecule has 0 aliphatic carbocycles. The molecule has 0 N–H and O–H groups in total. The molecular formula is C14H12ClNO3S. The van der Waals surface area contributed by atoms with Crippen molar-refractivity contribution in [2.75, 3.05) is 6.54 Å². The Morgan fingerprint density at radius 3 is 2.55 bits per heavy atom. The molecule has 1 heterocycles. The summed E-state index contributed by atoms with van der Waals surface area (Å²) in [7, 11) is 0. The minimum Gasteiger partial charge on any atom is -0.293 e. The maximum absolute atomic E-state index is 12.1. The summed E-state index contributed by atoms with van der Waals surface area (Å²) in [6.45, 7) is -0.265. The van der Waals surface area contributed by atoms with E-state index in [2.05, 4.69) is 0 Å². The van der Waals surface area contributed by atoms with Crippen LogP contribution in [-0.2, 0) is 0 Å². The molecule has 1 aromatic carbocycles. The third kappa shape index (κ3) is 3.88. The summed E-state index contributed by atoms with van der Waals surface area (Å²) in [4.78, 5) is 23.1. The molecular weight excluding hydrogens is 298 g/mol. The lowest BCUT2D eigenvalue weighted by molar-refractivity contribution is -0.483. The van der Waals surface area contributed by atoms with Crippen molar-refractivity contribution in [2.24, 2.45) is 0 Å². The van der Waals surface area contributed by atoms with E-state index in [0.717, 1.165) is 5.56 Å². The van der Waals surface area contributed by atoms with Gasteiger partial charge in [0, 0.05) is 16.4 Å². The average molecular weight is 310 g/mol. The Hall–Kier alpha value is -1.72. The summed E-state index contributed by atoms with van der Waals surface area (Å²) in [5, 5.41) is 13.2. The zero-order chi connectivity index (χ0) is 14.5. The Bertz CT molecular complexity index is 595. The zero-order valence-corrected chi connectivity index (χ0v) is 12.1. The van der Waals surface area contributed by atoms with Crippen molar-refractivity contribution in [3.63, 3.8) is 0 Å². The highest BCUT2D eigenvalue weighted by atomic mass is 35.5. The van der Waals surface area contributed by atoms with Crippen molar-refractivity contribution in [3.8, 4) is 0 Å². The first-order chi connectivity index (χ1) is 9.56. The number of benzene rings is 1. The Morgan fingerprint density at radius 2 is 2.00 bits per heavy atom. The first kappa shape index (κ1) is 14.7. The Morgan fingerprint density at radius 1 is 1.30 bits per heavy atom. The van der Waals surface area contributed by atoms with Crippen molar-refractivity contribution in [3.05, 3.63) is 67.4 Å². The third-order valence-electron chi connectivity index (χ3n) is 2.94. The minimum atomic E-state index is -0.433. The first-order valence-electron chi connectivity index (χ1n) is 6.00. The maximum Gasteiger partial charge on any atom is 0.211 e. The van der Waals surface area contributed by atoms with Crippen LogP contribution >= 0.6 is 22.9 Å². The summed E-state index contributed by atoms with van der Waals surface area (Å²) in [6, 6.07) is 10.4. The fourth-order valence-electron chi connectivity index (χ4n) is 1.96. The molecule has 20 heavy (non-hydrogen) atoms. The second kappa shape index (κ2) is 6.63. The molecule has 6 heteroatoms. The van der Waals surface area contributed by atoms with Gasteiger partial charge in [0.15, 0.2) is 5.78 Å². The van der Waals surface area contributed by atoms with Crippen molar-refractivity contribution in [1.82, 2.24) is 0 Å². The molecule has 1 atom stereocenters. The standard InChI is InChI=1S/C14H12ClNO3S/c15-12-5-3-10(4-6-12)11(9-16(18)19)8-13(17)14-2-1-7-20-14/h1-7,11H,8-9H2. The van der Waals surface area contributed by atoms with Gasteiger partial charge in [-0.15, -0.1) is 11.3 Å². The summed E-state index contributed by atoms with van der Waals surface area (Å²) < 4.78 is 0. The smallest absolute Gasteiger partial charge is 0.211 e. The Kier molecular flexibility index (Phi) is 4.87. The Labute approximate surface area is 125 Å². The molecule has 0 fully saturated rings. The molecule has 2 aromatic rings. The summed E-state index contributed by atoms with van der Waals surface area (Å²) in [5.74, 6) is -0.501. The van der Waals surface area contributed by atoms with E-state index in [0.29, 0.717) is 9.90 Å². The highest BCUT2D eigenvalue weighted by molar-refractivity contribution is 7.12. The van der Waals surface area contributed by atoms with Gasteiger partial charge in [-0.3, -0.25) is 14.9 Å². The lowest BCUT2D eigenvalue weighted by Crippen LogP contribution is -2.16. The monoisotopic (exact) mass is 309 g/mol. The largest absolute Gasteiger partial charge is 0.293 e. The van der Waals surface area contributed by atoms with Crippen molar-refractivity contribution in [1.29, 1.82) is 0 Å². The number of ketones is 1. The topological polar surface area (TPSA) is 60.2 Å². The summed E-state index contributed by atoms with van der Waals surface area (Å²) in [5.41, 5.74) is 0.760. The number of hydrogen-bond donors (Lipinski definition) is 0. The number of halogens is 1. The molecule has 0 bridgehead atoms. The molecule has 0 saturated carbocycles. The summed E-state index contributed by atoms with van der Waals surface area (Å²) in [6.07, 6.45) is 0.128. The fourth-order valence-corrected chi connectivity index (χ4v) is 2.77. The van der Waals surface area contributed by atoms with E-state index in [1.54, 1.807) is 36.4 Å². The number of Topliss-reactive ketones (excluding diaryl/α,β-unsaturated/α-hetero) is 1. The van der Waals surface area contributed by atoms with Crippen molar-refractivity contribution < 1.29 is 9.72 Å². The number of nitro groups is 1. The molecule has 2 rings (SSSR count). The van der Waals surface area contributed by atoms with Gasteiger partial charge in [-0.25, -0.2) is 0 Å². The number of nitrogens with zero attached hydrogens (tertiary/aromatic N) is 1. The second-order valence-corrected chi connectivity index (χ2v) is 5.75. The average Bonchev–Trinajstić information content (AvgIpc) is 2.92. The maximum atomic E-state index is 12.1. The van der Waals surface area contributed by atoms with Crippen LogP contribution in [0.25, 0.3) is 0 Å². The molecule has 0 saturated heterocycles. The van der Waals surface area contributed by atoms with Gasteiger partial charge in [-0.2, -0.15) is 0 Å². The van der Waals surface area contributed by atoms with E-state index >= 15 is 0 Å². The predicted molar refractivity (Wildman–Crippen MR) is 79.3 cm³/mol. The van der Waals surface area contributed by atoms with Crippen LogP contribution < -0.4 is 0 Å². The van der Waals surface area contributed by atoms with Crippen LogP contribution in [0.15, 0.2) is 41.8 Å². The summed E-state index contributed by atoms with van der Waals surface area (Å²) >= 11 is 7.16. The van der Waals surface area contributed by atoms with E-state index in [-0.39, 0.29) is 23.7 Å². The fraction of sp³-hybridized carbons (Fsp3) is 0.214. The lowest BCUT2D eigenvalue weighted by Gasteiger charge is -2.12. The van der Waals surface area contributed by atoms with Crippen LogP contribution in [-0.4, -0.2) is 17.3 Å². The zero-order valence-electron chi connectivity index (χ0n) is 10.5. The van der Waals surface area contributed by atoms with E-state index < -0.39 is 5.92 Å². The molecule has 1 aromatic heterocycles. The number of thiophene rings is 1. The van der Waals surface area contributed by atoms with E-state index in [4.69, 9.17) is 11.6 Å². The molecule has 0 aliphatic heterocycles. The van der Waals surface area contributed by atoms with Crippen LogP contribution in [0.3, 0.4) is 0 Å². The number of hydrogen-bond acceptors (Lipinski definition) is 4. The number of carbonyl (C=O) groups excluding carboxylic acids is 1. The van der Waals surface area contributed by atoms with E-state index in [1.165, 1.54) is 11.3 Å². The SMILES string of the molecule is O=C(CC(C[N+](=O)[O-])c1ccc(Cl)cc1)c1cccs1. The van der Waals surface area contributed by atoms with Crippen molar-refractivity contribution in [2.45, 2.75) is 12.3 Å². The van der Waals surface area contributed by atoms with Gasteiger partial charge in [0.2, 0.25) is 6.54 Å². The molecule has 0 radical (unpaired) electrons. The van der Waals surface area contributed by atoms with Crippen LogP contribution in [0.5, 0.6) is 0 Å². The van der Waals surface area contributed by atoms with Crippen LogP contribution in [0.4, 0.5) is 0 Å². The third-order valence-corrected chi connectivity index (χ3v) is 4.10. The van der Waals surface area contributed by atoms with Crippen LogP contribution in [0.2, 0.25) is 5.02 Å². The molecule has 104 valence electrons. The highest BCUT2D eigenvalue weighted by Gasteiger charge is 2.22. The molecule has 4 nitrogen and oxygen atoms in total. The highest BCUT2D eigenvalue weighted by Crippen LogP contribution is 2.25. The first-order valence-corrected chi connectivity index (χ1v) is 7.26. The molecule has 1 unspecified atom stereocenters. The lowest BCUT2D eigenvalue weighted by atomic mass is 9.93. The second-order valence-electron chi connectivity index (χ2n) is 4.37. The predicted octanol–water partition coefficient (Wildman–Crippen LogP) is 4.03. The normalized spacial score (nSPS) is 12.1. The van der Waals surface area contributed by atoms with Crippen LogP contribution in [0, 0.1) is 10.1 Å². The van der Waals surface area contributed by atoms with Gasteiger partial charge in [-0.1, -0.05) is 29.8 Å². The van der Waals surface area contributed by atoms with Gasteiger partial charge in [-0.05, 0) is 29.1 Å². The van der Waals surface area contributed by atoms with Crippen LogP contribution in [0.1, 0.15) is 27.6 Å². The quantitative estimate of drug-likeness (QED) is 0.460. The molecule has 0 spiro atoms. The van der Waals surface area contributed by atoms with Crippen molar-refractivity contribution >= 4 is 28.7 Å². The molecule has 0 amide bonds. The van der Waals surface area contributed by atoms with Gasteiger partial charge in [0.05, 0.1) is 10.8 Å². The number of rotatable bonds is 6. The van der Waals surface area contributed by atoms with Gasteiger partial charge < -0.3 is 0 Å². The van der Waals surface area contributed by atoms with E-state index in [1.807, 2.05) is 5.38 Å². The molecule has 0 aliphatic rings. The Balaban J connectivity index is 2.17. The van der Waals surface area contributed by atoms with Gasteiger partial charge in [0.1, 0.15) is 0 Å².